The van der Waals surface area contributed by atoms with E-state index in [-0.39, 0.29) is 5.91 Å². The maximum atomic E-state index is 12.2. The van der Waals surface area contributed by atoms with E-state index in [2.05, 4.69) is 5.32 Å². The molecule has 0 saturated carbocycles. The first-order valence-corrected chi connectivity index (χ1v) is 6.40. The molecule has 98 valence electrons. The van der Waals surface area contributed by atoms with Gasteiger partial charge in [0.2, 0.25) is 0 Å². The number of carbonyl (C=O) groups excluding carboxylic acids is 1. The molecule has 0 spiro atoms. The number of hydrogen-bond acceptors (Lipinski definition) is 2. The van der Waals surface area contributed by atoms with Crippen LogP contribution in [0.15, 0.2) is 30.3 Å². The summed E-state index contributed by atoms with van der Waals surface area (Å²) in [4.78, 5) is 12.2. The monoisotopic (exact) mass is 250 g/mol. The first-order valence-electron chi connectivity index (χ1n) is 7.90. The molecule has 3 heteroatoms. The molecule has 0 radical (unpaired) electrons. The molecule has 1 aromatic carbocycles. The SMILES string of the molecule is [2H]C([2H])([2H])[C@H](CC1CCOCC1)NC(=O)c1ccccc1. The molecule has 1 aromatic rings. The second-order valence-corrected chi connectivity index (χ2v) is 4.68. The minimum Gasteiger partial charge on any atom is -0.381 e. The lowest BCUT2D eigenvalue weighted by molar-refractivity contribution is 0.0605. The highest BCUT2D eigenvalue weighted by Gasteiger charge is 2.18. The van der Waals surface area contributed by atoms with E-state index in [9.17, 15) is 4.79 Å². The van der Waals surface area contributed by atoms with Gasteiger partial charge in [0.25, 0.3) is 5.91 Å². The lowest BCUT2D eigenvalue weighted by atomic mass is 9.93. The standard InChI is InChI=1S/C15H21NO2/c1-12(11-13-7-9-18-10-8-13)16-15(17)14-5-3-2-4-6-14/h2-6,12-13H,7-11H2,1H3,(H,16,17)/t12-/m1/s1/i1D3. The third kappa shape index (κ3) is 3.84. The van der Waals surface area contributed by atoms with Gasteiger partial charge in [0.15, 0.2) is 0 Å². The lowest BCUT2D eigenvalue weighted by Gasteiger charge is -2.25. The van der Waals surface area contributed by atoms with Gasteiger partial charge in [0.1, 0.15) is 0 Å². The van der Waals surface area contributed by atoms with Crippen molar-refractivity contribution in [3.05, 3.63) is 35.9 Å². The van der Waals surface area contributed by atoms with Crippen molar-refractivity contribution < 1.29 is 13.6 Å². The number of nitrogens with one attached hydrogen (secondary N) is 1. The molecule has 18 heavy (non-hydrogen) atoms. The number of benzene rings is 1. The largest absolute Gasteiger partial charge is 0.381 e. The van der Waals surface area contributed by atoms with Crippen LogP contribution in [0.3, 0.4) is 0 Å². The zero-order valence-corrected chi connectivity index (χ0v) is 10.4. The number of hydrogen-bond donors (Lipinski definition) is 1. The third-order valence-corrected chi connectivity index (χ3v) is 3.25. The Bertz CT molecular complexity index is 456. The number of amides is 1. The van der Waals surface area contributed by atoms with Crippen LogP contribution in [0.5, 0.6) is 0 Å². The summed E-state index contributed by atoms with van der Waals surface area (Å²) in [5.41, 5.74) is 0.485. The van der Waals surface area contributed by atoms with E-state index in [1.807, 2.05) is 6.07 Å². The molecular weight excluding hydrogens is 226 g/mol. The van der Waals surface area contributed by atoms with E-state index >= 15 is 0 Å². The Balaban J connectivity index is 2.01. The van der Waals surface area contributed by atoms with Crippen molar-refractivity contribution in [1.29, 1.82) is 0 Å². The smallest absolute Gasteiger partial charge is 0.251 e. The molecule has 1 N–H and O–H groups in total. The topological polar surface area (TPSA) is 38.3 Å². The van der Waals surface area contributed by atoms with E-state index in [1.54, 1.807) is 24.3 Å². The van der Waals surface area contributed by atoms with Crippen molar-refractivity contribution in [1.82, 2.24) is 5.32 Å². The summed E-state index contributed by atoms with van der Waals surface area (Å²) in [6, 6.07) is 7.89. The Morgan fingerprint density at radius 3 is 2.83 bits per heavy atom. The van der Waals surface area contributed by atoms with Crippen LogP contribution in [0.1, 0.15) is 40.6 Å². The molecule has 1 aliphatic heterocycles. The molecule has 0 unspecified atom stereocenters. The van der Waals surface area contributed by atoms with Gasteiger partial charge >= 0.3 is 0 Å². The molecule has 1 fully saturated rings. The molecular formula is C15H21NO2. The maximum absolute atomic E-state index is 12.2. The molecule has 0 aliphatic carbocycles. The quantitative estimate of drug-likeness (QED) is 0.892. The lowest BCUT2D eigenvalue weighted by Crippen LogP contribution is -2.35. The average Bonchev–Trinajstić information content (AvgIpc) is 2.47. The van der Waals surface area contributed by atoms with E-state index in [4.69, 9.17) is 8.85 Å². The predicted molar refractivity (Wildman–Crippen MR) is 71.5 cm³/mol. The summed E-state index contributed by atoms with van der Waals surface area (Å²) in [5.74, 6) is -0.0379. The average molecular weight is 250 g/mol. The van der Waals surface area contributed by atoms with Crippen molar-refractivity contribution in [2.24, 2.45) is 5.92 Å². The Hall–Kier alpha value is -1.35. The Kier molecular flexibility index (Phi) is 3.48. The molecule has 1 amide bonds. The minimum atomic E-state index is -2.19. The highest BCUT2D eigenvalue weighted by Crippen LogP contribution is 2.20. The maximum Gasteiger partial charge on any atom is 0.251 e. The van der Waals surface area contributed by atoms with Gasteiger partial charge in [-0.1, -0.05) is 18.2 Å². The Labute approximate surface area is 113 Å². The molecule has 0 aromatic heterocycles. The molecule has 1 heterocycles. The van der Waals surface area contributed by atoms with Crippen LogP contribution in [-0.2, 0) is 4.74 Å². The second-order valence-electron chi connectivity index (χ2n) is 4.68. The predicted octanol–water partition coefficient (Wildman–Crippen LogP) is 2.62. The molecule has 0 bridgehead atoms. The number of carbonyl (C=O) groups is 1. The van der Waals surface area contributed by atoms with Crippen molar-refractivity contribution in [2.75, 3.05) is 13.2 Å². The van der Waals surface area contributed by atoms with Crippen molar-refractivity contribution >= 4 is 5.91 Å². The van der Waals surface area contributed by atoms with Crippen molar-refractivity contribution in [2.45, 2.75) is 32.2 Å². The third-order valence-electron chi connectivity index (χ3n) is 3.25. The fraction of sp³-hybridized carbons (Fsp3) is 0.533. The summed E-state index contributed by atoms with van der Waals surface area (Å²) in [6.45, 7) is -0.848. The van der Waals surface area contributed by atoms with Gasteiger partial charge < -0.3 is 10.1 Å². The van der Waals surface area contributed by atoms with Gasteiger partial charge in [-0.25, -0.2) is 0 Å². The van der Waals surface area contributed by atoms with Crippen LogP contribution < -0.4 is 5.32 Å². The molecule has 1 aliphatic rings. The summed E-state index contributed by atoms with van der Waals surface area (Å²) < 4.78 is 28.2. The molecule has 2 rings (SSSR count). The van der Waals surface area contributed by atoms with Gasteiger partial charge in [-0.2, -0.15) is 0 Å². The Morgan fingerprint density at radius 1 is 1.44 bits per heavy atom. The van der Waals surface area contributed by atoms with Crippen molar-refractivity contribution in [3.8, 4) is 0 Å². The van der Waals surface area contributed by atoms with Gasteiger partial charge in [-0.15, -0.1) is 0 Å². The second kappa shape index (κ2) is 6.55. The van der Waals surface area contributed by atoms with E-state index < -0.39 is 12.9 Å². The van der Waals surface area contributed by atoms with Crippen LogP contribution >= 0.6 is 0 Å². The molecule has 3 nitrogen and oxygen atoms in total. The molecule has 1 saturated heterocycles. The summed E-state index contributed by atoms with van der Waals surface area (Å²) >= 11 is 0. The minimum absolute atomic E-state index is 0.292. The van der Waals surface area contributed by atoms with E-state index in [0.29, 0.717) is 31.1 Å². The van der Waals surface area contributed by atoms with Crippen LogP contribution in [0.4, 0.5) is 0 Å². The zero-order valence-electron chi connectivity index (χ0n) is 13.4. The first-order chi connectivity index (χ1) is 9.97. The summed E-state index contributed by atoms with van der Waals surface area (Å²) in [6.07, 6.45) is 2.18. The summed E-state index contributed by atoms with van der Waals surface area (Å²) in [7, 11) is 0. The van der Waals surface area contributed by atoms with Crippen molar-refractivity contribution in [3.63, 3.8) is 0 Å². The highest BCUT2D eigenvalue weighted by atomic mass is 16.5. The van der Waals surface area contributed by atoms with Gasteiger partial charge in [-0.05, 0) is 44.2 Å². The zero-order chi connectivity index (χ0) is 15.3. The van der Waals surface area contributed by atoms with Gasteiger partial charge in [-0.3, -0.25) is 4.79 Å². The number of rotatable bonds is 4. The van der Waals surface area contributed by atoms with E-state index in [1.165, 1.54) is 0 Å². The highest BCUT2D eigenvalue weighted by molar-refractivity contribution is 5.94. The summed E-state index contributed by atoms with van der Waals surface area (Å²) in [5, 5.41) is 2.68. The van der Waals surface area contributed by atoms with Crippen LogP contribution in [0, 0.1) is 5.92 Å². The first kappa shape index (κ1) is 9.56. The van der Waals surface area contributed by atoms with E-state index in [0.717, 1.165) is 12.8 Å². The van der Waals surface area contributed by atoms with Crippen LogP contribution in [0.25, 0.3) is 0 Å². The Morgan fingerprint density at radius 2 is 2.17 bits per heavy atom. The normalized spacial score (nSPS) is 21.4. The fourth-order valence-corrected chi connectivity index (χ4v) is 2.21. The van der Waals surface area contributed by atoms with Crippen LogP contribution in [-0.4, -0.2) is 25.2 Å². The van der Waals surface area contributed by atoms with Gasteiger partial charge in [0.05, 0.1) is 0 Å². The van der Waals surface area contributed by atoms with Gasteiger partial charge in [0, 0.05) is 28.9 Å². The number of ether oxygens (including phenoxy) is 1. The fourth-order valence-electron chi connectivity index (χ4n) is 2.21. The van der Waals surface area contributed by atoms with Crippen LogP contribution in [0.2, 0.25) is 0 Å². The molecule has 1 atom stereocenters.